The van der Waals surface area contributed by atoms with Gasteiger partial charge in [0.1, 0.15) is 12.4 Å². The van der Waals surface area contributed by atoms with E-state index in [0.29, 0.717) is 6.42 Å². The molecule has 0 spiro atoms. The average molecular weight is 344 g/mol. The smallest absolute Gasteiger partial charge is 0.237 e. The van der Waals surface area contributed by atoms with Gasteiger partial charge in [-0.3, -0.25) is 14.3 Å². The van der Waals surface area contributed by atoms with Crippen molar-refractivity contribution >= 4 is 11.8 Å². The summed E-state index contributed by atoms with van der Waals surface area (Å²) >= 11 is 0. The molecular formula is C17H24N6O2. The van der Waals surface area contributed by atoms with E-state index < -0.39 is 0 Å². The summed E-state index contributed by atoms with van der Waals surface area (Å²) in [6.45, 7) is 1.60. The van der Waals surface area contributed by atoms with E-state index in [1.165, 1.54) is 0 Å². The van der Waals surface area contributed by atoms with Gasteiger partial charge in [0.05, 0.1) is 6.20 Å². The number of likely N-dealkylation sites (tertiary alicyclic amines) is 1. The molecule has 0 bridgehead atoms. The van der Waals surface area contributed by atoms with Gasteiger partial charge in [-0.05, 0) is 24.8 Å². The van der Waals surface area contributed by atoms with Gasteiger partial charge in [-0.15, -0.1) is 0 Å². The number of carbonyl (C=O) groups is 2. The number of hydrogen-bond donors (Lipinski definition) is 1. The van der Waals surface area contributed by atoms with Crippen LogP contribution in [-0.2, 0) is 29.6 Å². The maximum absolute atomic E-state index is 12.4. The summed E-state index contributed by atoms with van der Waals surface area (Å²) in [5, 5.41) is 4.12. The van der Waals surface area contributed by atoms with Crippen molar-refractivity contribution in [3.05, 3.63) is 36.2 Å². The Morgan fingerprint density at radius 2 is 2.08 bits per heavy atom. The van der Waals surface area contributed by atoms with E-state index in [0.717, 1.165) is 43.7 Å². The number of rotatable bonds is 6. The number of hydrogen-bond acceptors (Lipinski definition) is 4. The molecule has 1 saturated heterocycles. The van der Waals surface area contributed by atoms with Crippen molar-refractivity contribution in [2.45, 2.75) is 38.1 Å². The van der Waals surface area contributed by atoms with Crippen LogP contribution in [0.1, 0.15) is 36.6 Å². The SMILES string of the molecule is Cn1cc(CCC(=O)N2CCC(c3nccn3CC(N)=O)CC2)cn1. The monoisotopic (exact) mass is 344 g/mol. The van der Waals surface area contributed by atoms with Gasteiger partial charge in [0.15, 0.2) is 0 Å². The molecule has 2 amide bonds. The predicted octanol–water partition coefficient (Wildman–Crippen LogP) is 0.441. The molecule has 134 valence electrons. The van der Waals surface area contributed by atoms with Gasteiger partial charge in [0.25, 0.3) is 0 Å². The highest BCUT2D eigenvalue weighted by Gasteiger charge is 2.26. The van der Waals surface area contributed by atoms with Crippen LogP contribution in [-0.4, -0.2) is 49.1 Å². The van der Waals surface area contributed by atoms with Crippen molar-refractivity contribution in [2.75, 3.05) is 13.1 Å². The largest absolute Gasteiger partial charge is 0.368 e. The molecule has 0 atom stereocenters. The van der Waals surface area contributed by atoms with Gasteiger partial charge in [-0.25, -0.2) is 4.98 Å². The van der Waals surface area contributed by atoms with E-state index in [2.05, 4.69) is 10.1 Å². The van der Waals surface area contributed by atoms with E-state index in [-0.39, 0.29) is 24.3 Å². The molecule has 1 aliphatic heterocycles. The minimum Gasteiger partial charge on any atom is -0.368 e. The van der Waals surface area contributed by atoms with Gasteiger partial charge in [0, 0.05) is 51.1 Å². The van der Waals surface area contributed by atoms with E-state index in [9.17, 15) is 9.59 Å². The molecule has 0 aliphatic carbocycles. The second-order valence-electron chi connectivity index (χ2n) is 6.56. The summed E-state index contributed by atoms with van der Waals surface area (Å²) in [6, 6.07) is 0. The van der Waals surface area contributed by atoms with Crippen LogP contribution in [0.4, 0.5) is 0 Å². The first kappa shape index (κ1) is 17.2. The van der Waals surface area contributed by atoms with E-state index >= 15 is 0 Å². The summed E-state index contributed by atoms with van der Waals surface area (Å²) in [5.74, 6) is 0.961. The molecule has 3 heterocycles. The lowest BCUT2D eigenvalue weighted by Crippen LogP contribution is -2.38. The number of amides is 2. The third-order valence-electron chi connectivity index (χ3n) is 4.67. The van der Waals surface area contributed by atoms with Crippen molar-refractivity contribution in [3.8, 4) is 0 Å². The highest BCUT2D eigenvalue weighted by Crippen LogP contribution is 2.27. The second kappa shape index (κ2) is 7.50. The molecule has 0 radical (unpaired) electrons. The number of piperidine rings is 1. The third-order valence-corrected chi connectivity index (χ3v) is 4.67. The Hall–Kier alpha value is -2.64. The maximum atomic E-state index is 12.4. The fraction of sp³-hybridized carbons (Fsp3) is 0.529. The fourth-order valence-electron chi connectivity index (χ4n) is 3.38. The van der Waals surface area contributed by atoms with Gasteiger partial charge >= 0.3 is 0 Å². The van der Waals surface area contributed by atoms with Gasteiger partial charge in [0.2, 0.25) is 11.8 Å². The Balaban J connectivity index is 1.50. The van der Waals surface area contributed by atoms with Crippen molar-refractivity contribution in [2.24, 2.45) is 12.8 Å². The molecule has 0 saturated carbocycles. The number of imidazole rings is 1. The van der Waals surface area contributed by atoms with Crippen LogP contribution in [0, 0.1) is 0 Å². The van der Waals surface area contributed by atoms with Crippen molar-refractivity contribution < 1.29 is 9.59 Å². The standard InChI is InChI=1S/C17H24N6O2/c1-21-11-13(10-20-21)2-3-16(25)22-7-4-14(5-8-22)17-19-6-9-23(17)12-15(18)24/h6,9-11,14H,2-5,7-8,12H2,1H3,(H2,18,24). The van der Waals surface area contributed by atoms with E-state index in [1.807, 2.05) is 22.7 Å². The highest BCUT2D eigenvalue weighted by molar-refractivity contribution is 5.76. The summed E-state index contributed by atoms with van der Waals surface area (Å²) in [5.41, 5.74) is 6.36. The van der Waals surface area contributed by atoms with Crippen LogP contribution in [0.15, 0.2) is 24.8 Å². The number of nitrogens with two attached hydrogens (primary N) is 1. The lowest BCUT2D eigenvalue weighted by molar-refractivity contribution is -0.132. The Morgan fingerprint density at radius 1 is 1.32 bits per heavy atom. The molecule has 2 N–H and O–H groups in total. The van der Waals surface area contributed by atoms with Crippen LogP contribution in [0.3, 0.4) is 0 Å². The molecule has 0 unspecified atom stereocenters. The minimum atomic E-state index is -0.373. The first-order chi connectivity index (χ1) is 12.0. The zero-order valence-corrected chi connectivity index (χ0v) is 14.5. The third kappa shape index (κ3) is 4.26. The maximum Gasteiger partial charge on any atom is 0.237 e. The molecule has 2 aromatic rings. The molecule has 0 aromatic carbocycles. The molecular weight excluding hydrogens is 320 g/mol. The number of primary amides is 1. The Bertz CT molecular complexity index is 742. The first-order valence-corrected chi connectivity index (χ1v) is 8.57. The first-order valence-electron chi connectivity index (χ1n) is 8.57. The topological polar surface area (TPSA) is 99.0 Å². The lowest BCUT2D eigenvalue weighted by atomic mass is 9.95. The summed E-state index contributed by atoms with van der Waals surface area (Å²) in [6.07, 6.45) is 10.2. The molecule has 1 aliphatic rings. The van der Waals surface area contributed by atoms with Crippen molar-refractivity contribution in [3.63, 3.8) is 0 Å². The molecule has 1 fully saturated rings. The van der Waals surface area contributed by atoms with Gasteiger partial charge in [-0.1, -0.05) is 0 Å². The summed E-state index contributed by atoms with van der Waals surface area (Å²) < 4.78 is 3.56. The Labute approximate surface area is 146 Å². The minimum absolute atomic E-state index is 0.152. The van der Waals surface area contributed by atoms with Crippen molar-refractivity contribution in [1.29, 1.82) is 0 Å². The fourth-order valence-corrected chi connectivity index (χ4v) is 3.38. The number of aryl methyl sites for hydroxylation is 2. The Kier molecular flexibility index (Phi) is 5.16. The molecule has 2 aromatic heterocycles. The van der Waals surface area contributed by atoms with E-state index in [4.69, 9.17) is 5.73 Å². The lowest BCUT2D eigenvalue weighted by Gasteiger charge is -2.32. The highest BCUT2D eigenvalue weighted by atomic mass is 16.2. The average Bonchev–Trinajstić information content (AvgIpc) is 3.21. The van der Waals surface area contributed by atoms with Crippen molar-refractivity contribution in [1.82, 2.24) is 24.2 Å². The van der Waals surface area contributed by atoms with Crippen LogP contribution < -0.4 is 5.73 Å². The Morgan fingerprint density at radius 3 is 2.72 bits per heavy atom. The molecule has 25 heavy (non-hydrogen) atoms. The van der Waals surface area contributed by atoms with Gasteiger partial charge in [-0.2, -0.15) is 5.10 Å². The normalized spacial score (nSPS) is 15.5. The van der Waals surface area contributed by atoms with E-state index in [1.54, 1.807) is 23.3 Å². The second-order valence-corrected chi connectivity index (χ2v) is 6.56. The molecule has 3 rings (SSSR count). The number of aromatic nitrogens is 4. The quantitative estimate of drug-likeness (QED) is 0.822. The zero-order valence-electron chi connectivity index (χ0n) is 14.5. The zero-order chi connectivity index (χ0) is 17.8. The molecule has 8 heteroatoms. The van der Waals surface area contributed by atoms with Crippen LogP contribution >= 0.6 is 0 Å². The number of carbonyl (C=O) groups excluding carboxylic acids is 2. The van der Waals surface area contributed by atoms with Gasteiger partial charge < -0.3 is 15.2 Å². The summed E-state index contributed by atoms with van der Waals surface area (Å²) in [4.78, 5) is 29.9. The van der Waals surface area contributed by atoms with Crippen LogP contribution in [0.2, 0.25) is 0 Å². The molecule has 8 nitrogen and oxygen atoms in total. The summed E-state index contributed by atoms with van der Waals surface area (Å²) in [7, 11) is 1.87. The van der Waals surface area contributed by atoms with Crippen LogP contribution in [0.5, 0.6) is 0 Å². The predicted molar refractivity (Wildman–Crippen MR) is 91.5 cm³/mol. The number of nitrogens with zero attached hydrogens (tertiary/aromatic N) is 5. The van der Waals surface area contributed by atoms with Crippen LogP contribution in [0.25, 0.3) is 0 Å².